The molecule has 0 aromatic rings. The van der Waals surface area contributed by atoms with Gasteiger partial charge in [-0.3, -0.25) is 0 Å². The van der Waals surface area contributed by atoms with E-state index in [0.29, 0.717) is 0 Å². The molecule has 14 heavy (non-hydrogen) atoms. The van der Waals surface area contributed by atoms with Crippen LogP contribution in [0.1, 0.15) is 13.8 Å². The van der Waals surface area contributed by atoms with E-state index in [2.05, 4.69) is 10.8 Å². The molecule has 2 rings (SSSR count). The normalized spacial score (nSPS) is 22.1. The maximum atomic E-state index is 9.82. The number of hydrogen-bond acceptors (Lipinski definition) is 5. The zero-order chi connectivity index (χ0) is 10.2. The summed E-state index contributed by atoms with van der Waals surface area (Å²) in [4.78, 5) is 1.04. The van der Waals surface area contributed by atoms with Crippen molar-refractivity contribution >= 4 is 47.0 Å². The van der Waals surface area contributed by atoms with E-state index in [4.69, 9.17) is 0 Å². The quantitative estimate of drug-likeness (QED) is 0.763. The Kier molecular flexibility index (Phi) is 3.34. The number of aliphatic hydroxyl groups is 1. The summed E-state index contributed by atoms with van der Waals surface area (Å²) in [5.74, 6) is 0. The number of rotatable bonds is 1. The van der Waals surface area contributed by atoms with Crippen molar-refractivity contribution in [2.45, 2.75) is 19.4 Å². The minimum absolute atomic E-state index is 0.707. The second kappa shape index (κ2) is 4.22. The van der Waals surface area contributed by atoms with Crippen molar-refractivity contribution in [3.05, 3.63) is 29.6 Å². The van der Waals surface area contributed by atoms with Gasteiger partial charge >= 0.3 is 0 Å². The van der Waals surface area contributed by atoms with Gasteiger partial charge in [0.05, 0.1) is 14.1 Å². The molecule has 0 atom stereocenters. The van der Waals surface area contributed by atoms with E-state index < -0.39 is 5.60 Å². The summed E-state index contributed by atoms with van der Waals surface area (Å²) in [5, 5.41) is 16.1. The third kappa shape index (κ3) is 2.39. The Morgan fingerprint density at radius 2 is 1.71 bits per heavy atom. The number of thioether (sulfide) groups is 4. The zero-order valence-corrected chi connectivity index (χ0v) is 11.1. The van der Waals surface area contributed by atoms with E-state index in [1.54, 1.807) is 47.0 Å². The summed E-state index contributed by atoms with van der Waals surface area (Å²) < 4.78 is 2.62. The maximum Gasteiger partial charge on any atom is 0.0907 e. The lowest BCUT2D eigenvalue weighted by atomic mass is 10.1. The molecule has 0 aliphatic carbocycles. The topological polar surface area (TPSA) is 20.2 Å². The Morgan fingerprint density at radius 3 is 2.21 bits per heavy atom. The highest BCUT2D eigenvalue weighted by molar-refractivity contribution is 8.33. The highest BCUT2D eigenvalue weighted by Gasteiger charge is 2.27. The first-order valence-electron chi connectivity index (χ1n) is 4.07. The van der Waals surface area contributed by atoms with Crippen LogP contribution in [0, 0.1) is 0 Å². The molecular formula is C9H10OS4. The molecule has 1 N–H and O–H groups in total. The predicted molar refractivity (Wildman–Crippen MR) is 70.9 cm³/mol. The second-order valence-electron chi connectivity index (χ2n) is 3.34. The van der Waals surface area contributed by atoms with Crippen molar-refractivity contribution < 1.29 is 5.11 Å². The van der Waals surface area contributed by atoms with Crippen molar-refractivity contribution in [2.75, 3.05) is 0 Å². The van der Waals surface area contributed by atoms with Gasteiger partial charge in [0.15, 0.2) is 0 Å². The van der Waals surface area contributed by atoms with Gasteiger partial charge in [0.25, 0.3) is 0 Å². The first kappa shape index (κ1) is 11.1. The summed E-state index contributed by atoms with van der Waals surface area (Å²) in [6.07, 6.45) is 0. The Morgan fingerprint density at radius 1 is 1.07 bits per heavy atom. The van der Waals surface area contributed by atoms with Gasteiger partial charge in [-0.25, -0.2) is 0 Å². The SMILES string of the molecule is CC(C)(O)C1=CSC(=C2SC=CS2)S1. The van der Waals surface area contributed by atoms with Gasteiger partial charge in [-0.1, -0.05) is 47.0 Å². The Hall–Kier alpha value is 0.580. The van der Waals surface area contributed by atoms with Crippen LogP contribution in [0.4, 0.5) is 0 Å². The molecule has 2 heterocycles. The lowest BCUT2D eigenvalue weighted by molar-refractivity contribution is 0.129. The molecule has 76 valence electrons. The molecule has 0 saturated carbocycles. The van der Waals surface area contributed by atoms with Crippen LogP contribution < -0.4 is 0 Å². The van der Waals surface area contributed by atoms with E-state index >= 15 is 0 Å². The lowest BCUT2D eigenvalue weighted by Gasteiger charge is -2.17. The van der Waals surface area contributed by atoms with E-state index in [0.717, 1.165) is 4.91 Å². The smallest absolute Gasteiger partial charge is 0.0907 e. The summed E-state index contributed by atoms with van der Waals surface area (Å²) in [5.41, 5.74) is -0.707. The highest BCUT2D eigenvalue weighted by atomic mass is 32.2. The largest absolute Gasteiger partial charge is 0.385 e. The summed E-state index contributed by atoms with van der Waals surface area (Å²) in [6.45, 7) is 3.65. The van der Waals surface area contributed by atoms with Gasteiger partial charge in [-0.2, -0.15) is 0 Å². The Balaban J connectivity index is 2.09. The molecule has 1 nitrogen and oxygen atoms in total. The number of hydrogen-bond donors (Lipinski definition) is 1. The second-order valence-corrected chi connectivity index (χ2v) is 7.62. The molecule has 0 aromatic carbocycles. The average Bonchev–Trinajstić information content (AvgIpc) is 2.73. The van der Waals surface area contributed by atoms with Crippen LogP contribution in [0.15, 0.2) is 29.6 Å². The fourth-order valence-electron chi connectivity index (χ4n) is 0.917. The Labute approximate surface area is 101 Å². The molecule has 2 aliphatic rings. The lowest BCUT2D eigenvalue weighted by Crippen LogP contribution is -2.18. The first-order chi connectivity index (χ1) is 6.57. The molecule has 0 spiro atoms. The van der Waals surface area contributed by atoms with E-state index in [9.17, 15) is 5.11 Å². The van der Waals surface area contributed by atoms with Crippen molar-refractivity contribution in [1.82, 2.24) is 0 Å². The molecular weight excluding hydrogens is 252 g/mol. The van der Waals surface area contributed by atoms with Crippen molar-refractivity contribution in [2.24, 2.45) is 0 Å². The van der Waals surface area contributed by atoms with E-state index in [-0.39, 0.29) is 0 Å². The van der Waals surface area contributed by atoms with E-state index in [1.165, 1.54) is 8.47 Å². The molecule has 0 bridgehead atoms. The van der Waals surface area contributed by atoms with Crippen molar-refractivity contribution in [1.29, 1.82) is 0 Å². The monoisotopic (exact) mass is 262 g/mol. The fraction of sp³-hybridized carbons (Fsp3) is 0.333. The maximum absolute atomic E-state index is 9.82. The Bertz CT molecular complexity index is 325. The molecule has 0 saturated heterocycles. The van der Waals surface area contributed by atoms with Crippen LogP contribution in [0.25, 0.3) is 0 Å². The third-order valence-corrected chi connectivity index (χ3v) is 6.98. The molecule has 0 radical (unpaired) electrons. The molecule has 0 fully saturated rings. The molecule has 0 amide bonds. The molecule has 0 unspecified atom stereocenters. The minimum atomic E-state index is -0.707. The van der Waals surface area contributed by atoms with Crippen LogP contribution >= 0.6 is 47.0 Å². The van der Waals surface area contributed by atoms with Crippen LogP contribution in [-0.4, -0.2) is 10.7 Å². The molecule has 2 aliphatic heterocycles. The van der Waals surface area contributed by atoms with Crippen LogP contribution in [0.5, 0.6) is 0 Å². The average molecular weight is 262 g/mol. The van der Waals surface area contributed by atoms with Crippen LogP contribution in [0.2, 0.25) is 0 Å². The van der Waals surface area contributed by atoms with Gasteiger partial charge in [0.1, 0.15) is 0 Å². The summed E-state index contributed by atoms with van der Waals surface area (Å²) in [7, 11) is 0. The predicted octanol–water partition coefficient (Wildman–Crippen LogP) is 4.16. The molecule has 5 heteroatoms. The van der Waals surface area contributed by atoms with Gasteiger partial charge in [0, 0.05) is 4.91 Å². The molecule has 0 aromatic heterocycles. The van der Waals surface area contributed by atoms with Gasteiger partial charge in [-0.05, 0) is 30.1 Å². The van der Waals surface area contributed by atoms with Crippen molar-refractivity contribution in [3.8, 4) is 0 Å². The van der Waals surface area contributed by atoms with Gasteiger partial charge in [-0.15, -0.1) is 0 Å². The first-order valence-corrected chi connectivity index (χ1v) is 7.53. The van der Waals surface area contributed by atoms with Gasteiger partial charge < -0.3 is 5.11 Å². The van der Waals surface area contributed by atoms with E-state index in [1.807, 2.05) is 19.3 Å². The zero-order valence-electron chi connectivity index (χ0n) is 7.81. The van der Waals surface area contributed by atoms with Crippen molar-refractivity contribution in [3.63, 3.8) is 0 Å². The fourth-order valence-corrected chi connectivity index (χ4v) is 5.55. The standard InChI is InChI=1S/C9H10OS4/c1-9(2,10)6-5-13-8(14-6)7-11-3-4-12-7/h3-5,10H,1-2H3. The summed E-state index contributed by atoms with van der Waals surface area (Å²) >= 11 is 6.92. The minimum Gasteiger partial charge on any atom is -0.385 e. The van der Waals surface area contributed by atoms with Crippen LogP contribution in [-0.2, 0) is 0 Å². The summed E-state index contributed by atoms with van der Waals surface area (Å²) in [6, 6.07) is 0. The van der Waals surface area contributed by atoms with Gasteiger partial charge in [0.2, 0.25) is 0 Å². The van der Waals surface area contributed by atoms with Crippen LogP contribution in [0.3, 0.4) is 0 Å². The third-order valence-electron chi connectivity index (χ3n) is 1.65. The highest BCUT2D eigenvalue weighted by Crippen LogP contribution is 2.54.